The molecule has 4 nitrogen and oxygen atoms in total. The molecule has 1 rings (SSSR count). The van der Waals surface area contributed by atoms with E-state index < -0.39 is 0 Å². The molecule has 0 aliphatic rings. The predicted molar refractivity (Wildman–Crippen MR) is 67.5 cm³/mol. The molecule has 0 amide bonds. The third kappa shape index (κ3) is 3.11. The molecule has 4 heteroatoms. The maximum atomic E-state index is 5.50. The second kappa shape index (κ2) is 6.47. The topological polar surface area (TPSA) is 53.7 Å². The smallest absolute Gasteiger partial charge is 0.129 e. The van der Waals surface area contributed by atoms with Crippen LogP contribution in [0.3, 0.4) is 0 Å². The van der Waals surface area contributed by atoms with Crippen molar-refractivity contribution < 1.29 is 14.3 Å². The van der Waals surface area contributed by atoms with E-state index in [1.807, 2.05) is 12.1 Å². The van der Waals surface area contributed by atoms with Crippen molar-refractivity contribution in [1.82, 2.24) is 0 Å². The van der Waals surface area contributed by atoms with Crippen LogP contribution in [0.15, 0.2) is 12.1 Å². The zero-order valence-corrected chi connectivity index (χ0v) is 10.9. The molecular formula is C13H21NO3. The maximum Gasteiger partial charge on any atom is 0.129 e. The van der Waals surface area contributed by atoms with Gasteiger partial charge in [0.05, 0.1) is 20.8 Å². The summed E-state index contributed by atoms with van der Waals surface area (Å²) in [5.41, 5.74) is 2.17. The van der Waals surface area contributed by atoms with Gasteiger partial charge in [-0.2, -0.15) is 0 Å². The molecule has 1 aromatic rings. The number of hydrogen-bond donors (Lipinski definition) is 1. The Kier molecular flexibility index (Phi) is 5.25. The summed E-state index contributed by atoms with van der Waals surface area (Å²) < 4.78 is 10.9. The lowest BCUT2D eigenvalue weighted by molar-refractivity contribution is 0.140. The van der Waals surface area contributed by atoms with E-state index in [9.17, 15) is 0 Å². The summed E-state index contributed by atoms with van der Waals surface area (Å²) in [4.78, 5) is 4.62. The highest BCUT2D eigenvalue weighted by Crippen LogP contribution is 2.37. The lowest BCUT2D eigenvalue weighted by atomic mass is 9.96. The van der Waals surface area contributed by atoms with E-state index in [1.54, 1.807) is 14.2 Å². The molecule has 96 valence electrons. The standard InChI is InChI=1S/C13H21NO3/c1-9(2)12-11(15-3)6-5-10(7-8-17-14)13(12)16-4/h5-6,9H,7-8,14H2,1-4H3. The number of methoxy groups -OCH3 is 2. The Bertz CT molecular complexity index is 364. The Morgan fingerprint density at radius 2 is 1.88 bits per heavy atom. The van der Waals surface area contributed by atoms with Gasteiger partial charge >= 0.3 is 0 Å². The molecule has 0 aliphatic carbocycles. The van der Waals surface area contributed by atoms with E-state index in [4.69, 9.17) is 15.4 Å². The monoisotopic (exact) mass is 239 g/mol. The molecule has 0 atom stereocenters. The van der Waals surface area contributed by atoms with Crippen LogP contribution in [-0.2, 0) is 11.3 Å². The molecule has 2 N–H and O–H groups in total. The fraction of sp³-hybridized carbons (Fsp3) is 0.538. The Balaban J connectivity index is 3.20. The van der Waals surface area contributed by atoms with E-state index >= 15 is 0 Å². The fourth-order valence-electron chi connectivity index (χ4n) is 1.96. The minimum absolute atomic E-state index is 0.332. The fourth-order valence-corrected chi connectivity index (χ4v) is 1.96. The van der Waals surface area contributed by atoms with Gasteiger partial charge in [0.15, 0.2) is 0 Å². The van der Waals surface area contributed by atoms with Crippen molar-refractivity contribution in [2.75, 3.05) is 20.8 Å². The van der Waals surface area contributed by atoms with Gasteiger partial charge in [0.25, 0.3) is 0 Å². The van der Waals surface area contributed by atoms with Crippen molar-refractivity contribution in [3.8, 4) is 11.5 Å². The van der Waals surface area contributed by atoms with Crippen LogP contribution in [0.1, 0.15) is 30.9 Å². The lowest BCUT2D eigenvalue weighted by Crippen LogP contribution is -2.07. The van der Waals surface area contributed by atoms with Gasteiger partial charge < -0.3 is 14.3 Å². The van der Waals surface area contributed by atoms with Crippen molar-refractivity contribution in [1.29, 1.82) is 0 Å². The van der Waals surface area contributed by atoms with Gasteiger partial charge in [-0.05, 0) is 17.5 Å². The molecule has 0 aromatic heterocycles. The molecule has 0 saturated heterocycles. The molecule has 0 spiro atoms. The Morgan fingerprint density at radius 3 is 2.35 bits per heavy atom. The van der Waals surface area contributed by atoms with Gasteiger partial charge in [-0.1, -0.05) is 19.9 Å². The van der Waals surface area contributed by atoms with Gasteiger partial charge in [-0.15, -0.1) is 0 Å². The summed E-state index contributed by atoms with van der Waals surface area (Å²) in [6.45, 7) is 4.70. The van der Waals surface area contributed by atoms with Gasteiger partial charge in [-0.3, -0.25) is 0 Å². The molecule has 0 aliphatic heterocycles. The summed E-state index contributed by atoms with van der Waals surface area (Å²) >= 11 is 0. The van der Waals surface area contributed by atoms with E-state index in [-0.39, 0.29) is 0 Å². The van der Waals surface area contributed by atoms with Crippen LogP contribution in [0.5, 0.6) is 11.5 Å². The highest BCUT2D eigenvalue weighted by molar-refractivity contribution is 5.51. The van der Waals surface area contributed by atoms with Crippen molar-refractivity contribution >= 4 is 0 Å². The summed E-state index contributed by atoms with van der Waals surface area (Å²) in [5, 5.41) is 0. The third-order valence-corrected chi connectivity index (χ3v) is 2.73. The van der Waals surface area contributed by atoms with Crippen LogP contribution in [0.2, 0.25) is 0 Å². The third-order valence-electron chi connectivity index (χ3n) is 2.73. The van der Waals surface area contributed by atoms with Crippen molar-refractivity contribution in [2.24, 2.45) is 5.90 Å². The van der Waals surface area contributed by atoms with Crippen LogP contribution < -0.4 is 15.4 Å². The highest BCUT2D eigenvalue weighted by Gasteiger charge is 2.17. The molecule has 0 unspecified atom stereocenters. The first-order valence-corrected chi connectivity index (χ1v) is 5.71. The van der Waals surface area contributed by atoms with Gasteiger partial charge in [0, 0.05) is 12.0 Å². The first-order chi connectivity index (χ1) is 8.15. The average molecular weight is 239 g/mol. The quantitative estimate of drug-likeness (QED) is 0.774. The predicted octanol–water partition coefficient (Wildman–Crippen LogP) is 2.26. The molecule has 0 fully saturated rings. The minimum atomic E-state index is 0.332. The second-order valence-electron chi connectivity index (χ2n) is 4.15. The molecule has 0 radical (unpaired) electrons. The van der Waals surface area contributed by atoms with Crippen LogP contribution in [0, 0.1) is 0 Å². The SMILES string of the molecule is COc1ccc(CCON)c(OC)c1C(C)C. The zero-order chi connectivity index (χ0) is 12.8. The molecule has 0 saturated carbocycles. The van der Waals surface area contributed by atoms with Gasteiger partial charge in [0.1, 0.15) is 11.5 Å². The summed E-state index contributed by atoms with van der Waals surface area (Å²) in [5.74, 6) is 7.12. The summed E-state index contributed by atoms with van der Waals surface area (Å²) in [6, 6.07) is 3.95. The van der Waals surface area contributed by atoms with Crippen LogP contribution in [0.4, 0.5) is 0 Å². The summed E-state index contributed by atoms with van der Waals surface area (Å²) in [7, 11) is 3.34. The first kappa shape index (κ1) is 13.8. The van der Waals surface area contributed by atoms with Crippen LogP contribution >= 0.6 is 0 Å². The van der Waals surface area contributed by atoms with Crippen LogP contribution in [-0.4, -0.2) is 20.8 Å². The normalized spacial score (nSPS) is 10.7. The molecule has 1 aromatic carbocycles. The number of hydrogen-bond acceptors (Lipinski definition) is 4. The number of ether oxygens (including phenoxy) is 2. The Labute approximate surface area is 103 Å². The maximum absolute atomic E-state index is 5.50. The Hall–Kier alpha value is -1.26. The Morgan fingerprint density at radius 1 is 1.18 bits per heavy atom. The summed E-state index contributed by atoms with van der Waals surface area (Å²) in [6.07, 6.45) is 0.726. The van der Waals surface area contributed by atoms with Gasteiger partial charge in [0.2, 0.25) is 0 Å². The molecule has 0 bridgehead atoms. The van der Waals surface area contributed by atoms with Gasteiger partial charge in [-0.25, -0.2) is 5.90 Å². The van der Waals surface area contributed by atoms with Crippen molar-refractivity contribution in [3.63, 3.8) is 0 Å². The first-order valence-electron chi connectivity index (χ1n) is 5.71. The average Bonchev–Trinajstić information content (AvgIpc) is 2.34. The largest absolute Gasteiger partial charge is 0.496 e. The molecule has 17 heavy (non-hydrogen) atoms. The lowest BCUT2D eigenvalue weighted by Gasteiger charge is -2.19. The van der Waals surface area contributed by atoms with Crippen molar-refractivity contribution in [2.45, 2.75) is 26.2 Å². The number of benzene rings is 1. The molecule has 0 heterocycles. The number of rotatable bonds is 6. The van der Waals surface area contributed by atoms with E-state index in [0.29, 0.717) is 12.5 Å². The van der Waals surface area contributed by atoms with Crippen LogP contribution in [0.25, 0.3) is 0 Å². The number of nitrogens with two attached hydrogens (primary N) is 1. The second-order valence-corrected chi connectivity index (χ2v) is 4.15. The molecular weight excluding hydrogens is 218 g/mol. The van der Waals surface area contributed by atoms with Crippen molar-refractivity contribution in [3.05, 3.63) is 23.3 Å². The zero-order valence-electron chi connectivity index (χ0n) is 10.9. The minimum Gasteiger partial charge on any atom is -0.496 e. The van der Waals surface area contributed by atoms with E-state index in [2.05, 4.69) is 18.7 Å². The van der Waals surface area contributed by atoms with E-state index in [0.717, 1.165) is 29.0 Å². The van der Waals surface area contributed by atoms with E-state index in [1.165, 1.54) is 0 Å². The highest BCUT2D eigenvalue weighted by atomic mass is 16.6.